The van der Waals surface area contributed by atoms with E-state index in [-0.39, 0.29) is 19.3 Å². The molecule has 2 saturated heterocycles. The van der Waals surface area contributed by atoms with Crippen LogP contribution in [-0.4, -0.2) is 204 Å². The third-order valence-electron chi connectivity index (χ3n) is 18.7. The molecule has 3 rings (SSSR count). The molecule has 0 amide bonds. The molecule has 3 fully saturated rings. The zero-order valence-corrected chi connectivity index (χ0v) is 59.7. The van der Waals surface area contributed by atoms with Crippen LogP contribution < -0.4 is 0 Å². The summed E-state index contributed by atoms with van der Waals surface area (Å²) in [6.07, 6.45) is 8.70. The smallest absolute Gasteiger partial charge is 0.463 e. The molecule has 11 N–H and O–H groups in total. The monoisotopic (exact) mass is 1400 g/mol. The maximum atomic E-state index is 14.3. The number of ether oxygens (including phenoxy) is 7. The van der Waals surface area contributed by atoms with Crippen molar-refractivity contribution in [1.29, 1.82) is 0 Å². The van der Waals surface area contributed by atoms with Crippen molar-refractivity contribution in [3.8, 4) is 0 Å². The van der Waals surface area contributed by atoms with Crippen molar-refractivity contribution >= 4 is 25.7 Å². The normalized spacial score (nSPS) is 28.3. The first kappa shape index (κ1) is 87.9. The molecule has 2 heterocycles. The Hall–Kier alpha value is -2.30. The van der Waals surface area contributed by atoms with Gasteiger partial charge in [-0.25, -0.2) is 4.57 Å². The van der Waals surface area contributed by atoms with E-state index < -0.39 is 156 Å². The number of aliphatic hydroxyl groups is 10. The van der Waals surface area contributed by atoms with Gasteiger partial charge in [0.15, 0.2) is 18.7 Å². The van der Waals surface area contributed by atoms with E-state index >= 15 is 0 Å². The summed E-state index contributed by atoms with van der Waals surface area (Å²) in [7, 11) is -5.69. The molecule has 0 spiro atoms. The number of esters is 3. The van der Waals surface area contributed by atoms with Gasteiger partial charge in [0.05, 0.1) is 13.2 Å². The number of carbonyl (C=O) groups is 3. The molecule has 24 nitrogen and oxygen atoms in total. The van der Waals surface area contributed by atoms with E-state index in [0.717, 1.165) is 96.3 Å². The lowest BCUT2D eigenvalue weighted by Gasteiger charge is -2.49. The summed E-state index contributed by atoms with van der Waals surface area (Å²) in [6.45, 7) is 5.74. The van der Waals surface area contributed by atoms with Gasteiger partial charge in [-0.05, 0) is 50.9 Å². The van der Waals surface area contributed by atoms with Gasteiger partial charge in [-0.2, -0.15) is 0 Å². The quantitative estimate of drug-likeness (QED) is 0.00886. The Morgan fingerprint density at radius 1 is 0.427 bits per heavy atom. The van der Waals surface area contributed by atoms with Gasteiger partial charge in [0.25, 0.3) is 0 Å². The number of unbranched alkanes of at least 4 members (excludes halogenated alkanes) is 30. The van der Waals surface area contributed by atoms with Gasteiger partial charge in [-0.3, -0.25) is 23.4 Å². The summed E-state index contributed by atoms with van der Waals surface area (Å²) >= 11 is 0. The topological polar surface area (TPSA) is 374 Å². The van der Waals surface area contributed by atoms with Crippen LogP contribution in [0.4, 0.5) is 0 Å². The molecule has 564 valence electrons. The van der Waals surface area contributed by atoms with Crippen LogP contribution in [0.25, 0.3) is 0 Å². The third-order valence-corrected chi connectivity index (χ3v) is 19.7. The first-order valence-electron chi connectivity index (χ1n) is 37.4. The van der Waals surface area contributed by atoms with Crippen LogP contribution in [0.5, 0.6) is 0 Å². The van der Waals surface area contributed by atoms with E-state index in [1.807, 2.05) is 0 Å². The molecular formula is C71H131O24P. The van der Waals surface area contributed by atoms with Gasteiger partial charge in [0.1, 0.15) is 98.7 Å². The average molecular weight is 1400 g/mol. The third kappa shape index (κ3) is 36.0. The lowest BCUT2D eigenvalue weighted by Crippen LogP contribution is -2.69. The number of phosphoric acid groups is 1. The number of rotatable bonds is 57. The fraction of sp³-hybridized carbons (Fsp3) is 0.930. The number of allylic oxidation sites excluding steroid dienone is 2. The summed E-state index contributed by atoms with van der Waals surface area (Å²) < 4.78 is 65.0. The fourth-order valence-corrected chi connectivity index (χ4v) is 13.4. The molecule has 0 bridgehead atoms. The van der Waals surface area contributed by atoms with Crippen molar-refractivity contribution in [1.82, 2.24) is 0 Å². The van der Waals surface area contributed by atoms with Gasteiger partial charge >= 0.3 is 25.7 Å². The first-order chi connectivity index (χ1) is 46.2. The Morgan fingerprint density at radius 2 is 0.792 bits per heavy atom. The molecule has 19 atom stereocenters. The van der Waals surface area contributed by atoms with Crippen LogP contribution in [0.15, 0.2) is 12.2 Å². The highest BCUT2D eigenvalue weighted by atomic mass is 31.2. The highest BCUT2D eigenvalue weighted by Gasteiger charge is 2.58. The molecule has 25 heteroatoms. The number of hydrogen-bond donors (Lipinski definition) is 11. The van der Waals surface area contributed by atoms with Gasteiger partial charge < -0.3 is 89.1 Å². The maximum Gasteiger partial charge on any atom is 0.472 e. The van der Waals surface area contributed by atoms with Crippen LogP contribution in [-0.2, 0) is 61.2 Å². The zero-order valence-electron chi connectivity index (χ0n) is 58.8. The van der Waals surface area contributed by atoms with Crippen molar-refractivity contribution in [2.75, 3.05) is 26.4 Å². The summed E-state index contributed by atoms with van der Waals surface area (Å²) in [5, 5.41) is 110. The minimum atomic E-state index is -5.69. The maximum absolute atomic E-state index is 14.3. The lowest BCUT2D eigenvalue weighted by atomic mass is 9.84. The van der Waals surface area contributed by atoms with E-state index in [4.69, 9.17) is 42.2 Å². The molecule has 1 aliphatic carbocycles. The van der Waals surface area contributed by atoms with Crippen LogP contribution in [0.2, 0.25) is 0 Å². The van der Waals surface area contributed by atoms with Gasteiger partial charge in [0.2, 0.25) is 0 Å². The SMILES string of the molecule is CCCCCCCC/C=C\CCCCCC(=O)OCC1OC(OC2C(O)C(O)C(O)C(OC3OC(CO)C(O)C(O)C3O)C2OP(=O)(O)OCC(COC(=O)CCCCCCCCC(C)CCCCCCCC)OC(=O)CCCCCCCCCCCCCC)C(O)C(O)C1O. The van der Waals surface area contributed by atoms with Crippen LogP contribution in [0.3, 0.4) is 0 Å². The van der Waals surface area contributed by atoms with Gasteiger partial charge in [0, 0.05) is 19.3 Å². The minimum absolute atomic E-state index is 0.00893. The summed E-state index contributed by atoms with van der Waals surface area (Å²) in [6, 6.07) is 0. The summed E-state index contributed by atoms with van der Waals surface area (Å²) in [4.78, 5) is 51.0. The van der Waals surface area contributed by atoms with Gasteiger partial charge in [-0.1, -0.05) is 232 Å². The summed E-state index contributed by atoms with van der Waals surface area (Å²) in [5.41, 5.74) is 0. The highest BCUT2D eigenvalue weighted by Crippen LogP contribution is 2.49. The predicted molar refractivity (Wildman–Crippen MR) is 361 cm³/mol. The van der Waals surface area contributed by atoms with Crippen molar-refractivity contribution in [2.45, 2.75) is 389 Å². The lowest BCUT2D eigenvalue weighted by molar-refractivity contribution is -0.360. The van der Waals surface area contributed by atoms with Crippen molar-refractivity contribution < 1.29 is 117 Å². The second-order valence-corrected chi connectivity index (χ2v) is 28.7. The molecule has 2 aliphatic heterocycles. The fourth-order valence-electron chi connectivity index (χ4n) is 12.5. The Balaban J connectivity index is 1.75. The predicted octanol–water partition coefficient (Wildman–Crippen LogP) is 9.82. The highest BCUT2D eigenvalue weighted by molar-refractivity contribution is 7.47. The number of carbonyl (C=O) groups excluding carboxylic acids is 3. The van der Waals surface area contributed by atoms with E-state index in [1.54, 1.807) is 0 Å². The van der Waals surface area contributed by atoms with Crippen LogP contribution >= 0.6 is 7.82 Å². The van der Waals surface area contributed by atoms with Gasteiger partial charge in [-0.15, -0.1) is 0 Å². The Bertz CT molecular complexity index is 2060. The number of hydrogen-bond acceptors (Lipinski definition) is 23. The standard InChI is InChI=1S/C71H131O24P/c1-5-8-11-14-17-19-21-23-25-26-28-34-40-45-56(74)88-50-54-59(77)61(79)66(84)71(92-54)94-68-64(82)62(80)63(81)67(93-70-65(83)60(78)58(76)53(47-72)91-70)69(68)95-96(85,86)89-49-52(90-57(75)46-41-36-29-27-24-22-20-18-15-12-9-6-2)48-87-55(73)44-39-35-31-30-33-38-43-51(4)42-37-32-16-13-10-7-3/h23,25,51-54,58-72,76-84H,5-22,24,26-50H2,1-4H3,(H,85,86)/b25-23-. The molecule has 1 saturated carbocycles. The average Bonchev–Trinajstić information content (AvgIpc) is 0.763. The van der Waals surface area contributed by atoms with Crippen molar-refractivity contribution in [2.24, 2.45) is 5.92 Å². The molecule has 0 aromatic carbocycles. The van der Waals surface area contributed by atoms with E-state index in [9.17, 15) is 74.9 Å². The van der Waals surface area contributed by atoms with E-state index in [1.165, 1.54) is 122 Å². The summed E-state index contributed by atoms with van der Waals surface area (Å²) in [5.74, 6) is -1.30. The second-order valence-electron chi connectivity index (χ2n) is 27.3. The van der Waals surface area contributed by atoms with E-state index in [2.05, 4.69) is 39.8 Å². The Morgan fingerprint density at radius 3 is 1.24 bits per heavy atom. The molecular weight excluding hydrogens is 1270 g/mol. The Kier molecular flexibility index (Phi) is 48.2. The molecule has 19 unspecified atom stereocenters. The van der Waals surface area contributed by atoms with Crippen LogP contribution in [0, 0.1) is 5.92 Å². The number of phosphoric ester groups is 1. The zero-order chi connectivity index (χ0) is 70.5. The van der Waals surface area contributed by atoms with Crippen molar-refractivity contribution in [3.05, 3.63) is 12.2 Å². The first-order valence-corrected chi connectivity index (χ1v) is 38.9. The van der Waals surface area contributed by atoms with Crippen LogP contribution in [0.1, 0.15) is 285 Å². The van der Waals surface area contributed by atoms with Crippen molar-refractivity contribution in [3.63, 3.8) is 0 Å². The second kappa shape index (κ2) is 52.6. The van der Waals surface area contributed by atoms with E-state index in [0.29, 0.717) is 25.2 Å². The number of aliphatic hydroxyl groups excluding tert-OH is 10. The molecule has 0 radical (unpaired) electrons. The molecule has 96 heavy (non-hydrogen) atoms. The molecule has 0 aromatic rings. The largest absolute Gasteiger partial charge is 0.472 e. The molecule has 0 aromatic heterocycles. The minimum Gasteiger partial charge on any atom is -0.463 e. The molecule has 3 aliphatic rings. The Labute approximate surface area is 573 Å².